The Morgan fingerprint density at radius 2 is 2.24 bits per heavy atom. The third-order valence-electron chi connectivity index (χ3n) is 3.71. The van der Waals surface area contributed by atoms with Crippen LogP contribution in [0.25, 0.3) is 0 Å². The van der Waals surface area contributed by atoms with E-state index in [1.54, 1.807) is 13.3 Å². The van der Waals surface area contributed by atoms with Crippen molar-refractivity contribution in [3.63, 3.8) is 0 Å². The summed E-state index contributed by atoms with van der Waals surface area (Å²) in [6.07, 6.45) is 7.19. The molecule has 0 radical (unpaired) electrons. The fourth-order valence-electron chi connectivity index (χ4n) is 2.80. The molecular formula is C13H22N2O2. The Morgan fingerprint density at radius 1 is 1.53 bits per heavy atom. The van der Waals surface area contributed by atoms with E-state index in [-0.39, 0.29) is 0 Å². The molecular weight excluding hydrogens is 216 g/mol. The number of hydrogen-bond donors (Lipinski definition) is 1. The number of aliphatic hydroxyl groups excluding tert-OH is 1. The molecule has 4 heteroatoms. The van der Waals surface area contributed by atoms with Crippen molar-refractivity contribution in [3.8, 4) is 5.75 Å². The average Bonchev–Trinajstić information content (AvgIpc) is 2.95. The van der Waals surface area contributed by atoms with Crippen LogP contribution in [-0.2, 0) is 6.54 Å². The molecule has 0 aliphatic heterocycles. The van der Waals surface area contributed by atoms with Gasteiger partial charge in [-0.3, -0.25) is 4.68 Å². The molecule has 4 nitrogen and oxygen atoms in total. The van der Waals surface area contributed by atoms with Crippen LogP contribution in [0.1, 0.15) is 50.8 Å². The summed E-state index contributed by atoms with van der Waals surface area (Å²) < 4.78 is 7.10. The number of hydrogen-bond acceptors (Lipinski definition) is 3. The first kappa shape index (κ1) is 12.4. The second-order valence-electron chi connectivity index (χ2n) is 4.82. The summed E-state index contributed by atoms with van der Waals surface area (Å²) in [5.74, 6) is 1.37. The van der Waals surface area contributed by atoms with Crippen LogP contribution in [0, 0.1) is 5.92 Å². The maximum absolute atomic E-state index is 10.4. The number of rotatable bonds is 5. The lowest BCUT2D eigenvalue weighted by Gasteiger charge is -2.17. The van der Waals surface area contributed by atoms with E-state index in [1.807, 2.05) is 11.6 Å². The van der Waals surface area contributed by atoms with Crippen LogP contribution < -0.4 is 4.74 Å². The first-order chi connectivity index (χ1) is 8.26. The van der Waals surface area contributed by atoms with E-state index in [2.05, 4.69) is 5.10 Å². The Balaban J connectivity index is 2.10. The number of methoxy groups -OCH3 is 1. The molecule has 1 aromatic rings. The Kier molecular flexibility index (Phi) is 4.05. The van der Waals surface area contributed by atoms with E-state index < -0.39 is 6.10 Å². The van der Waals surface area contributed by atoms with Crippen molar-refractivity contribution in [2.24, 2.45) is 5.92 Å². The van der Waals surface area contributed by atoms with Gasteiger partial charge >= 0.3 is 0 Å². The van der Waals surface area contributed by atoms with Gasteiger partial charge in [-0.25, -0.2) is 0 Å². The van der Waals surface area contributed by atoms with Gasteiger partial charge in [0.1, 0.15) is 5.69 Å². The second-order valence-corrected chi connectivity index (χ2v) is 4.82. The summed E-state index contributed by atoms with van der Waals surface area (Å²) in [6, 6.07) is 0. The minimum Gasteiger partial charge on any atom is -0.493 e. The molecule has 1 unspecified atom stereocenters. The van der Waals surface area contributed by atoms with Gasteiger partial charge in [-0.15, -0.1) is 0 Å². The van der Waals surface area contributed by atoms with Gasteiger partial charge in [-0.05, 0) is 19.3 Å². The number of ether oxygens (including phenoxy) is 1. The van der Waals surface area contributed by atoms with Crippen molar-refractivity contribution in [2.45, 2.75) is 51.7 Å². The fraction of sp³-hybridized carbons (Fsp3) is 0.769. The summed E-state index contributed by atoms with van der Waals surface area (Å²) in [5, 5.41) is 14.6. The zero-order chi connectivity index (χ0) is 12.3. The van der Waals surface area contributed by atoms with Gasteiger partial charge in [0.25, 0.3) is 0 Å². The third-order valence-corrected chi connectivity index (χ3v) is 3.71. The molecule has 96 valence electrons. The number of aliphatic hydroxyl groups is 1. The smallest absolute Gasteiger partial charge is 0.162 e. The lowest BCUT2D eigenvalue weighted by molar-refractivity contribution is 0.131. The highest BCUT2D eigenvalue weighted by Crippen LogP contribution is 2.35. The molecule has 1 heterocycles. The summed E-state index contributed by atoms with van der Waals surface area (Å²) in [7, 11) is 1.63. The molecule has 2 rings (SSSR count). The number of nitrogens with zero attached hydrogens (tertiary/aromatic N) is 2. The van der Waals surface area contributed by atoms with Crippen molar-refractivity contribution >= 4 is 0 Å². The van der Waals surface area contributed by atoms with Crippen LogP contribution in [0.5, 0.6) is 5.75 Å². The minimum atomic E-state index is -0.449. The normalized spacial score (nSPS) is 18.5. The van der Waals surface area contributed by atoms with Crippen LogP contribution in [0.15, 0.2) is 6.20 Å². The summed E-state index contributed by atoms with van der Waals surface area (Å²) in [4.78, 5) is 0. The maximum atomic E-state index is 10.4. The van der Waals surface area contributed by atoms with Crippen molar-refractivity contribution in [3.05, 3.63) is 11.9 Å². The van der Waals surface area contributed by atoms with E-state index in [0.717, 1.165) is 18.7 Å². The minimum absolute atomic E-state index is 0.449. The lowest BCUT2D eigenvalue weighted by atomic mass is 9.98. The summed E-state index contributed by atoms with van der Waals surface area (Å²) in [6.45, 7) is 2.79. The van der Waals surface area contributed by atoms with Gasteiger partial charge in [-0.2, -0.15) is 5.10 Å². The molecule has 1 atom stereocenters. The van der Waals surface area contributed by atoms with Crippen LogP contribution in [0.3, 0.4) is 0 Å². The SMILES string of the molecule is CCn1ncc(OC)c1C(O)CC1CCCC1. The molecule has 0 aromatic carbocycles. The van der Waals surface area contributed by atoms with E-state index in [4.69, 9.17) is 4.74 Å². The molecule has 1 fully saturated rings. The van der Waals surface area contributed by atoms with Crippen molar-refractivity contribution in [1.29, 1.82) is 0 Å². The standard InChI is InChI=1S/C13H22N2O2/c1-3-15-13(12(17-2)9-14-15)11(16)8-10-6-4-5-7-10/h9-11,16H,3-8H2,1-2H3. The summed E-state index contributed by atoms with van der Waals surface area (Å²) in [5.41, 5.74) is 0.835. The van der Waals surface area contributed by atoms with Gasteiger partial charge < -0.3 is 9.84 Å². The molecule has 0 amide bonds. The van der Waals surface area contributed by atoms with Gasteiger partial charge in [-0.1, -0.05) is 25.7 Å². The number of aryl methyl sites for hydroxylation is 1. The molecule has 1 N–H and O–H groups in total. The Labute approximate surface area is 103 Å². The van der Waals surface area contributed by atoms with Crippen LogP contribution in [-0.4, -0.2) is 22.0 Å². The average molecular weight is 238 g/mol. The predicted molar refractivity (Wildman–Crippen MR) is 66.0 cm³/mol. The fourth-order valence-corrected chi connectivity index (χ4v) is 2.80. The molecule has 0 saturated heterocycles. The molecule has 1 saturated carbocycles. The molecule has 1 aliphatic rings. The second kappa shape index (κ2) is 5.54. The van der Waals surface area contributed by atoms with Crippen LogP contribution in [0.4, 0.5) is 0 Å². The highest BCUT2D eigenvalue weighted by atomic mass is 16.5. The van der Waals surface area contributed by atoms with E-state index >= 15 is 0 Å². The van der Waals surface area contributed by atoms with E-state index in [9.17, 15) is 5.11 Å². The first-order valence-electron chi connectivity index (χ1n) is 6.54. The third kappa shape index (κ3) is 2.63. The monoisotopic (exact) mass is 238 g/mol. The van der Waals surface area contributed by atoms with Gasteiger partial charge in [0.05, 0.1) is 19.4 Å². The Morgan fingerprint density at radius 3 is 2.82 bits per heavy atom. The van der Waals surface area contributed by atoms with E-state index in [0.29, 0.717) is 11.7 Å². The summed E-state index contributed by atoms with van der Waals surface area (Å²) >= 11 is 0. The lowest BCUT2D eigenvalue weighted by Crippen LogP contribution is -2.12. The first-order valence-corrected chi connectivity index (χ1v) is 6.54. The Bertz CT molecular complexity index is 335. The van der Waals surface area contributed by atoms with Crippen molar-refractivity contribution in [1.82, 2.24) is 9.78 Å². The predicted octanol–water partition coefficient (Wildman–Crippen LogP) is 2.53. The molecule has 0 spiro atoms. The Hall–Kier alpha value is -1.03. The molecule has 1 aliphatic carbocycles. The van der Waals surface area contributed by atoms with E-state index in [1.165, 1.54) is 25.7 Å². The molecule has 1 aromatic heterocycles. The zero-order valence-electron chi connectivity index (χ0n) is 10.7. The van der Waals surface area contributed by atoms with Crippen LogP contribution >= 0.6 is 0 Å². The number of aromatic nitrogens is 2. The van der Waals surface area contributed by atoms with Gasteiger partial charge in [0.2, 0.25) is 0 Å². The van der Waals surface area contributed by atoms with Gasteiger partial charge in [0, 0.05) is 6.54 Å². The van der Waals surface area contributed by atoms with Crippen LogP contribution in [0.2, 0.25) is 0 Å². The highest BCUT2D eigenvalue weighted by molar-refractivity contribution is 5.27. The van der Waals surface area contributed by atoms with Gasteiger partial charge in [0.15, 0.2) is 5.75 Å². The zero-order valence-corrected chi connectivity index (χ0v) is 10.7. The largest absolute Gasteiger partial charge is 0.493 e. The molecule has 0 bridgehead atoms. The highest BCUT2D eigenvalue weighted by Gasteiger charge is 2.24. The maximum Gasteiger partial charge on any atom is 0.162 e. The quantitative estimate of drug-likeness (QED) is 0.857. The topological polar surface area (TPSA) is 47.3 Å². The molecule has 17 heavy (non-hydrogen) atoms. The van der Waals surface area contributed by atoms with Crippen molar-refractivity contribution < 1.29 is 9.84 Å². The van der Waals surface area contributed by atoms with Crippen molar-refractivity contribution in [2.75, 3.05) is 7.11 Å².